The molecule has 2 aromatic rings. The number of hydrogen-bond acceptors (Lipinski definition) is 2. The van der Waals surface area contributed by atoms with E-state index < -0.39 is 0 Å². The van der Waals surface area contributed by atoms with Crippen LogP contribution in [0.25, 0.3) is 0 Å². The van der Waals surface area contributed by atoms with Crippen molar-refractivity contribution in [2.45, 2.75) is 0 Å². The van der Waals surface area contributed by atoms with Gasteiger partial charge in [-0.1, -0.05) is 34.8 Å². The van der Waals surface area contributed by atoms with Crippen LogP contribution in [0, 0.1) is 0 Å². The first kappa shape index (κ1) is 16.6. The van der Waals surface area contributed by atoms with Gasteiger partial charge >= 0.3 is 0 Å². The van der Waals surface area contributed by atoms with E-state index in [4.69, 9.17) is 34.8 Å². The highest BCUT2D eigenvalue weighted by molar-refractivity contribution is 6.37. The van der Waals surface area contributed by atoms with Gasteiger partial charge in [-0.15, -0.1) is 0 Å². The Morgan fingerprint density at radius 3 is 2.23 bits per heavy atom. The van der Waals surface area contributed by atoms with E-state index in [-0.39, 0.29) is 10.9 Å². The predicted molar refractivity (Wildman–Crippen MR) is 92.4 cm³/mol. The van der Waals surface area contributed by atoms with Crippen molar-refractivity contribution in [2.24, 2.45) is 4.99 Å². The van der Waals surface area contributed by atoms with Crippen molar-refractivity contribution < 1.29 is 4.79 Å². The van der Waals surface area contributed by atoms with Crippen molar-refractivity contribution in [3.63, 3.8) is 0 Å². The van der Waals surface area contributed by atoms with Gasteiger partial charge in [-0.2, -0.15) is 0 Å². The molecule has 0 saturated carbocycles. The highest BCUT2D eigenvalue weighted by Crippen LogP contribution is 2.21. The van der Waals surface area contributed by atoms with E-state index >= 15 is 0 Å². The molecule has 0 bridgehead atoms. The zero-order chi connectivity index (χ0) is 16.1. The van der Waals surface area contributed by atoms with E-state index in [2.05, 4.69) is 15.6 Å². The number of hydrogen-bond donors (Lipinski definition) is 2. The van der Waals surface area contributed by atoms with Gasteiger partial charge < -0.3 is 5.32 Å². The summed E-state index contributed by atoms with van der Waals surface area (Å²) in [6.07, 6.45) is 0. The summed E-state index contributed by atoms with van der Waals surface area (Å²) in [5.74, 6) is -0.0953. The van der Waals surface area contributed by atoms with Crippen LogP contribution in [0.15, 0.2) is 47.5 Å². The van der Waals surface area contributed by atoms with Gasteiger partial charge in [0, 0.05) is 22.8 Å². The van der Waals surface area contributed by atoms with E-state index in [0.717, 1.165) is 5.69 Å². The van der Waals surface area contributed by atoms with E-state index in [1.165, 1.54) is 6.07 Å². The zero-order valence-electron chi connectivity index (χ0n) is 11.5. The van der Waals surface area contributed by atoms with Crippen molar-refractivity contribution in [3.05, 3.63) is 63.1 Å². The molecule has 7 heteroatoms. The molecule has 0 spiro atoms. The molecule has 0 aromatic heterocycles. The molecule has 2 N–H and O–H groups in total. The third-order valence-electron chi connectivity index (χ3n) is 2.74. The van der Waals surface area contributed by atoms with Gasteiger partial charge in [-0.25, -0.2) is 0 Å². The average molecular weight is 357 g/mol. The van der Waals surface area contributed by atoms with Gasteiger partial charge in [0.15, 0.2) is 0 Å². The second-order valence-electron chi connectivity index (χ2n) is 4.28. The molecule has 0 aliphatic carbocycles. The summed E-state index contributed by atoms with van der Waals surface area (Å²) in [5.41, 5.74) is 1.05. The van der Waals surface area contributed by atoms with Gasteiger partial charge in [0.25, 0.3) is 5.91 Å². The molecule has 2 aromatic carbocycles. The fraction of sp³-hybridized carbons (Fsp3) is 0.0667. The number of nitrogens with one attached hydrogen (secondary N) is 2. The van der Waals surface area contributed by atoms with Crippen LogP contribution in [0.3, 0.4) is 0 Å². The number of guanidine groups is 1. The fourth-order valence-corrected chi connectivity index (χ4v) is 2.28. The fourth-order valence-electron chi connectivity index (χ4n) is 1.66. The van der Waals surface area contributed by atoms with Crippen LogP contribution < -0.4 is 10.6 Å². The summed E-state index contributed by atoms with van der Waals surface area (Å²) in [6, 6.07) is 11.7. The number of nitrogens with zero attached hydrogens (tertiary/aromatic N) is 1. The topological polar surface area (TPSA) is 53.5 Å². The highest BCUT2D eigenvalue weighted by atomic mass is 35.5. The standard InChI is InChI=1S/C15H12Cl3N3O/c1-19-15(20-11-5-2-9(16)3-6-11)21-14(22)12-7-4-10(17)8-13(12)18/h2-8H,1H3,(H2,19,20,21,22). The lowest BCUT2D eigenvalue weighted by atomic mass is 10.2. The van der Waals surface area contributed by atoms with Crippen molar-refractivity contribution >= 4 is 52.4 Å². The molecule has 22 heavy (non-hydrogen) atoms. The highest BCUT2D eigenvalue weighted by Gasteiger charge is 2.12. The van der Waals surface area contributed by atoms with Crippen molar-refractivity contribution in [1.29, 1.82) is 0 Å². The smallest absolute Gasteiger partial charge is 0.259 e. The SMILES string of the molecule is CN=C(NC(=O)c1ccc(Cl)cc1Cl)Nc1ccc(Cl)cc1. The number of aliphatic imine (C=N–C) groups is 1. The first-order chi connectivity index (χ1) is 10.5. The minimum atomic E-state index is -0.385. The molecule has 2 rings (SSSR count). The monoisotopic (exact) mass is 355 g/mol. The summed E-state index contributed by atoms with van der Waals surface area (Å²) in [7, 11) is 1.56. The largest absolute Gasteiger partial charge is 0.326 e. The van der Waals surface area contributed by atoms with Gasteiger partial charge in [-0.3, -0.25) is 15.1 Å². The van der Waals surface area contributed by atoms with Gasteiger partial charge in [0.2, 0.25) is 5.96 Å². The Labute approximate surface area is 143 Å². The molecule has 0 aliphatic rings. The summed E-state index contributed by atoms with van der Waals surface area (Å²) in [6.45, 7) is 0. The Bertz CT molecular complexity index is 714. The maximum atomic E-state index is 12.2. The lowest BCUT2D eigenvalue weighted by molar-refractivity contribution is 0.0977. The summed E-state index contributed by atoms with van der Waals surface area (Å²) in [5, 5.41) is 6.98. The number of halogens is 3. The third-order valence-corrected chi connectivity index (χ3v) is 3.54. The lowest BCUT2D eigenvalue weighted by Gasteiger charge is -2.11. The summed E-state index contributed by atoms with van der Waals surface area (Å²) < 4.78 is 0. The maximum absolute atomic E-state index is 12.2. The number of carbonyl (C=O) groups is 1. The molecule has 0 radical (unpaired) electrons. The second-order valence-corrected chi connectivity index (χ2v) is 5.56. The quantitative estimate of drug-likeness (QED) is 0.616. The number of amides is 1. The third kappa shape index (κ3) is 4.37. The molecule has 0 atom stereocenters. The van der Waals surface area contributed by atoms with E-state index in [9.17, 15) is 4.79 Å². The van der Waals surface area contributed by atoms with Crippen molar-refractivity contribution in [1.82, 2.24) is 5.32 Å². The predicted octanol–water partition coefficient (Wildman–Crippen LogP) is 4.47. The molecule has 114 valence electrons. The number of benzene rings is 2. The van der Waals surface area contributed by atoms with Crippen LogP contribution >= 0.6 is 34.8 Å². The molecule has 0 aliphatic heterocycles. The molecule has 0 fully saturated rings. The van der Waals surface area contributed by atoms with E-state index in [1.807, 2.05) is 0 Å². The summed E-state index contributed by atoms with van der Waals surface area (Å²) >= 11 is 17.6. The van der Waals surface area contributed by atoms with Crippen LogP contribution in [0.2, 0.25) is 15.1 Å². The Hall–Kier alpha value is -1.75. The molecule has 1 amide bonds. The Morgan fingerprint density at radius 1 is 1.00 bits per heavy atom. The minimum Gasteiger partial charge on any atom is -0.326 e. The van der Waals surface area contributed by atoms with E-state index in [0.29, 0.717) is 21.6 Å². The van der Waals surface area contributed by atoms with Crippen LogP contribution in [0.4, 0.5) is 5.69 Å². The molecular weight excluding hydrogens is 345 g/mol. The lowest BCUT2D eigenvalue weighted by Crippen LogP contribution is -2.36. The van der Waals surface area contributed by atoms with Gasteiger partial charge in [0.05, 0.1) is 10.6 Å². The van der Waals surface area contributed by atoms with Gasteiger partial charge in [0.1, 0.15) is 0 Å². The van der Waals surface area contributed by atoms with Crippen LogP contribution in [-0.2, 0) is 0 Å². The molecule has 0 heterocycles. The number of carbonyl (C=O) groups excluding carboxylic acids is 1. The zero-order valence-corrected chi connectivity index (χ0v) is 13.8. The Kier molecular flexibility index (Phi) is 5.66. The number of anilines is 1. The minimum absolute atomic E-state index is 0.270. The van der Waals surface area contributed by atoms with Gasteiger partial charge in [-0.05, 0) is 42.5 Å². The normalized spacial score (nSPS) is 11.2. The maximum Gasteiger partial charge on any atom is 0.259 e. The van der Waals surface area contributed by atoms with Crippen LogP contribution in [0.5, 0.6) is 0 Å². The number of rotatable bonds is 2. The Morgan fingerprint density at radius 2 is 1.64 bits per heavy atom. The summed E-state index contributed by atoms with van der Waals surface area (Å²) in [4.78, 5) is 16.2. The van der Waals surface area contributed by atoms with Crippen molar-refractivity contribution in [3.8, 4) is 0 Å². The molecule has 0 saturated heterocycles. The first-order valence-electron chi connectivity index (χ1n) is 6.25. The Balaban J connectivity index is 2.09. The average Bonchev–Trinajstić information content (AvgIpc) is 2.48. The molecule has 0 unspecified atom stereocenters. The van der Waals surface area contributed by atoms with Crippen molar-refractivity contribution in [2.75, 3.05) is 12.4 Å². The first-order valence-corrected chi connectivity index (χ1v) is 7.39. The van der Waals surface area contributed by atoms with E-state index in [1.54, 1.807) is 43.4 Å². The van der Waals surface area contributed by atoms with Crippen LogP contribution in [0.1, 0.15) is 10.4 Å². The molecular formula is C15H12Cl3N3O. The van der Waals surface area contributed by atoms with Crippen LogP contribution in [-0.4, -0.2) is 18.9 Å². The second kappa shape index (κ2) is 7.49. The molecule has 4 nitrogen and oxygen atoms in total.